The van der Waals surface area contributed by atoms with Gasteiger partial charge in [-0.3, -0.25) is 4.99 Å². The molecule has 1 aromatic heterocycles. The van der Waals surface area contributed by atoms with E-state index in [-0.39, 0.29) is 35.5 Å². The van der Waals surface area contributed by atoms with E-state index >= 15 is 0 Å². The van der Waals surface area contributed by atoms with Crippen LogP contribution < -0.4 is 20.1 Å². The van der Waals surface area contributed by atoms with Gasteiger partial charge in [0, 0.05) is 12.5 Å². The number of nitrogens with zero attached hydrogens (tertiary/aromatic N) is 2. The van der Waals surface area contributed by atoms with Gasteiger partial charge in [0.05, 0.1) is 26.4 Å². The van der Waals surface area contributed by atoms with Gasteiger partial charge in [0.1, 0.15) is 23.4 Å². The molecule has 0 aliphatic carbocycles. The van der Waals surface area contributed by atoms with Crippen LogP contribution in [0, 0.1) is 0 Å². The van der Waals surface area contributed by atoms with Crippen molar-refractivity contribution in [2.24, 2.45) is 4.99 Å². The van der Waals surface area contributed by atoms with Crippen LogP contribution in [0.5, 0.6) is 11.5 Å². The van der Waals surface area contributed by atoms with Gasteiger partial charge in [0.15, 0.2) is 5.96 Å². The van der Waals surface area contributed by atoms with Crippen LogP contribution in [0.15, 0.2) is 39.9 Å². The number of aromatic nitrogens is 1. The van der Waals surface area contributed by atoms with Crippen LogP contribution in [-0.2, 0) is 12.0 Å². The molecular formula is C20H31IN4O3. The third kappa shape index (κ3) is 7.57. The molecule has 2 N–H and O–H groups in total. The van der Waals surface area contributed by atoms with E-state index in [1.807, 2.05) is 31.2 Å². The zero-order chi connectivity index (χ0) is 19.9. The van der Waals surface area contributed by atoms with E-state index in [0.717, 1.165) is 17.3 Å². The standard InChI is InChI=1S/C20H30N4O3.HI/c1-14(26-16-9-7-15(25-6)8-10-16)11-23-19(21-5)24-13-18-22-12-17(27-18)20(2,3)4;/h7-10,12,14H,11,13H2,1-6H3,(H2,21,23,24);1H. The van der Waals surface area contributed by atoms with Gasteiger partial charge in [-0.2, -0.15) is 0 Å². The molecule has 2 rings (SSSR count). The number of hydrogen-bond acceptors (Lipinski definition) is 5. The van der Waals surface area contributed by atoms with E-state index in [0.29, 0.717) is 24.9 Å². The van der Waals surface area contributed by atoms with Crippen LogP contribution in [0.3, 0.4) is 0 Å². The van der Waals surface area contributed by atoms with Crippen LogP contribution in [0.4, 0.5) is 0 Å². The molecule has 0 aliphatic heterocycles. The fourth-order valence-electron chi connectivity index (χ4n) is 2.29. The second-order valence-corrected chi connectivity index (χ2v) is 7.28. The Hall–Kier alpha value is -1.97. The van der Waals surface area contributed by atoms with Crippen molar-refractivity contribution < 1.29 is 13.9 Å². The number of guanidine groups is 1. The summed E-state index contributed by atoms with van der Waals surface area (Å²) in [6.45, 7) is 9.34. The second-order valence-electron chi connectivity index (χ2n) is 7.28. The van der Waals surface area contributed by atoms with Gasteiger partial charge in [0.2, 0.25) is 5.89 Å². The smallest absolute Gasteiger partial charge is 0.213 e. The first-order valence-electron chi connectivity index (χ1n) is 9.02. The van der Waals surface area contributed by atoms with E-state index in [4.69, 9.17) is 13.9 Å². The summed E-state index contributed by atoms with van der Waals surface area (Å²) >= 11 is 0. The van der Waals surface area contributed by atoms with Crippen LogP contribution in [-0.4, -0.2) is 37.7 Å². The van der Waals surface area contributed by atoms with Crippen LogP contribution in [0.25, 0.3) is 0 Å². The summed E-state index contributed by atoms with van der Waals surface area (Å²) in [5.41, 5.74) is -0.0561. The van der Waals surface area contributed by atoms with E-state index < -0.39 is 0 Å². The number of ether oxygens (including phenoxy) is 2. The van der Waals surface area contributed by atoms with Crippen molar-refractivity contribution in [3.8, 4) is 11.5 Å². The molecule has 0 amide bonds. The molecule has 0 saturated heterocycles. The van der Waals surface area contributed by atoms with Crippen LogP contribution >= 0.6 is 24.0 Å². The molecule has 0 bridgehead atoms. The fourth-order valence-corrected chi connectivity index (χ4v) is 2.29. The molecule has 0 radical (unpaired) electrons. The molecule has 1 atom stereocenters. The molecule has 156 valence electrons. The SMILES string of the molecule is CN=C(NCc1ncc(C(C)(C)C)o1)NCC(C)Oc1ccc(OC)cc1.I. The van der Waals surface area contributed by atoms with Crippen LogP contribution in [0.2, 0.25) is 0 Å². The lowest BCUT2D eigenvalue weighted by atomic mass is 9.94. The van der Waals surface area contributed by atoms with Gasteiger partial charge < -0.3 is 24.5 Å². The van der Waals surface area contributed by atoms with Crippen molar-refractivity contribution >= 4 is 29.9 Å². The first-order valence-corrected chi connectivity index (χ1v) is 9.02. The Morgan fingerprint density at radius 1 is 1.18 bits per heavy atom. The third-order valence-corrected chi connectivity index (χ3v) is 3.88. The van der Waals surface area contributed by atoms with Gasteiger partial charge in [-0.1, -0.05) is 20.8 Å². The van der Waals surface area contributed by atoms with Crippen molar-refractivity contribution in [1.82, 2.24) is 15.6 Å². The van der Waals surface area contributed by atoms with E-state index in [2.05, 4.69) is 41.4 Å². The largest absolute Gasteiger partial charge is 0.497 e. The van der Waals surface area contributed by atoms with Gasteiger partial charge in [-0.15, -0.1) is 24.0 Å². The first kappa shape index (κ1) is 24.1. The normalized spacial score (nSPS) is 12.7. The topological polar surface area (TPSA) is 80.9 Å². The second kappa shape index (κ2) is 11.1. The molecule has 0 spiro atoms. The maximum Gasteiger partial charge on any atom is 0.213 e. The van der Waals surface area contributed by atoms with E-state index in [1.165, 1.54) is 0 Å². The minimum absolute atomic E-state index is 0. The summed E-state index contributed by atoms with van der Waals surface area (Å²) in [6.07, 6.45) is 1.74. The number of benzene rings is 1. The number of halogens is 1. The highest BCUT2D eigenvalue weighted by Gasteiger charge is 2.19. The van der Waals surface area contributed by atoms with Gasteiger partial charge in [-0.25, -0.2) is 4.98 Å². The summed E-state index contributed by atoms with van der Waals surface area (Å²) in [5.74, 6) is 3.76. The number of oxazole rings is 1. The third-order valence-electron chi connectivity index (χ3n) is 3.88. The van der Waals surface area contributed by atoms with Gasteiger partial charge in [0.25, 0.3) is 0 Å². The minimum atomic E-state index is -0.0561. The molecule has 7 nitrogen and oxygen atoms in total. The van der Waals surface area contributed by atoms with Crippen LogP contribution in [0.1, 0.15) is 39.3 Å². The van der Waals surface area contributed by atoms with Gasteiger partial charge >= 0.3 is 0 Å². The van der Waals surface area contributed by atoms with E-state index in [1.54, 1.807) is 20.4 Å². The number of nitrogens with one attached hydrogen (secondary N) is 2. The molecule has 28 heavy (non-hydrogen) atoms. The molecule has 0 saturated carbocycles. The van der Waals surface area contributed by atoms with E-state index in [9.17, 15) is 0 Å². The highest BCUT2D eigenvalue weighted by Crippen LogP contribution is 2.22. The molecule has 1 heterocycles. The summed E-state index contributed by atoms with van der Waals surface area (Å²) in [5, 5.41) is 6.43. The van der Waals surface area contributed by atoms with Crippen molar-refractivity contribution in [1.29, 1.82) is 0 Å². The fraction of sp³-hybridized carbons (Fsp3) is 0.500. The zero-order valence-electron chi connectivity index (χ0n) is 17.4. The Balaban J connectivity index is 0.00000392. The molecule has 0 fully saturated rings. The highest BCUT2D eigenvalue weighted by molar-refractivity contribution is 14.0. The lowest BCUT2D eigenvalue weighted by Gasteiger charge is -2.17. The van der Waals surface area contributed by atoms with Gasteiger partial charge in [-0.05, 0) is 31.2 Å². The zero-order valence-corrected chi connectivity index (χ0v) is 19.7. The number of methoxy groups -OCH3 is 1. The van der Waals surface area contributed by atoms with Crippen molar-refractivity contribution in [2.45, 2.75) is 45.8 Å². The average molecular weight is 502 g/mol. The summed E-state index contributed by atoms with van der Waals surface area (Å²) < 4.78 is 16.8. The Morgan fingerprint density at radius 2 is 1.82 bits per heavy atom. The van der Waals surface area contributed by atoms with Crippen molar-refractivity contribution in [3.05, 3.63) is 42.1 Å². The lowest BCUT2D eigenvalue weighted by molar-refractivity contribution is 0.223. The first-order chi connectivity index (χ1) is 12.8. The summed E-state index contributed by atoms with van der Waals surface area (Å²) in [4.78, 5) is 8.52. The van der Waals surface area contributed by atoms with Crippen molar-refractivity contribution in [2.75, 3.05) is 20.7 Å². The Labute approximate surface area is 184 Å². The maximum atomic E-state index is 5.88. The number of hydrogen-bond donors (Lipinski definition) is 2. The Bertz CT molecular complexity index is 739. The molecular weight excluding hydrogens is 471 g/mol. The average Bonchev–Trinajstić information content (AvgIpc) is 3.12. The maximum absolute atomic E-state index is 5.88. The predicted molar refractivity (Wildman–Crippen MR) is 122 cm³/mol. The highest BCUT2D eigenvalue weighted by atomic mass is 127. The summed E-state index contributed by atoms with van der Waals surface area (Å²) in [6, 6.07) is 7.52. The molecule has 8 heteroatoms. The monoisotopic (exact) mass is 502 g/mol. The Morgan fingerprint density at radius 3 is 2.36 bits per heavy atom. The number of rotatable bonds is 7. The Kier molecular flexibility index (Phi) is 9.57. The molecule has 2 aromatic rings. The quantitative estimate of drug-likeness (QED) is 0.341. The molecule has 0 aliphatic rings. The molecule has 1 unspecified atom stereocenters. The van der Waals surface area contributed by atoms with Crippen molar-refractivity contribution in [3.63, 3.8) is 0 Å². The summed E-state index contributed by atoms with van der Waals surface area (Å²) in [7, 11) is 3.36. The minimum Gasteiger partial charge on any atom is -0.497 e. The molecule has 1 aromatic carbocycles. The predicted octanol–water partition coefficient (Wildman–Crippen LogP) is 3.73. The number of aliphatic imine (C=N–C) groups is 1. The lowest BCUT2D eigenvalue weighted by Crippen LogP contribution is -2.41.